The summed E-state index contributed by atoms with van der Waals surface area (Å²) < 4.78 is 15.2. The largest absolute Gasteiger partial charge is 0.453 e. The molecule has 3 heterocycles. The normalized spacial score (nSPS) is 12.8. The van der Waals surface area contributed by atoms with Crippen LogP contribution in [0.5, 0.6) is 23.0 Å². The standard InChI is InChI=1S/C36H22N2O2/c1-3-11-28-26(9-1)27-10-2-4-12-29(27)37(28)25-19-17-23(18-20-25)24-21-34-36-35(22-24)40-33-16-8-6-14-31(33)38(36)30-13-5-7-15-32(30)39-34/h1-22H. The van der Waals surface area contributed by atoms with E-state index in [-0.39, 0.29) is 0 Å². The van der Waals surface area contributed by atoms with Crippen molar-refractivity contribution in [2.24, 2.45) is 0 Å². The predicted molar refractivity (Wildman–Crippen MR) is 161 cm³/mol. The first-order chi connectivity index (χ1) is 19.8. The van der Waals surface area contributed by atoms with Crippen LogP contribution in [-0.2, 0) is 0 Å². The van der Waals surface area contributed by atoms with E-state index in [1.807, 2.05) is 36.4 Å². The maximum Gasteiger partial charge on any atom is 0.156 e. The first-order valence-corrected chi connectivity index (χ1v) is 13.4. The molecule has 188 valence electrons. The third-order valence-electron chi connectivity index (χ3n) is 7.95. The van der Waals surface area contributed by atoms with Crippen molar-refractivity contribution in [3.8, 4) is 39.8 Å². The number of hydrogen-bond acceptors (Lipinski definition) is 3. The lowest BCUT2D eigenvalue weighted by atomic mass is 10.0. The number of hydrogen-bond donors (Lipinski definition) is 0. The van der Waals surface area contributed by atoms with Gasteiger partial charge in [-0.25, -0.2) is 0 Å². The van der Waals surface area contributed by atoms with Crippen LogP contribution in [0.4, 0.5) is 17.1 Å². The highest BCUT2D eigenvalue weighted by atomic mass is 16.5. The summed E-state index contributed by atoms with van der Waals surface area (Å²) in [5.41, 5.74) is 8.62. The highest BCUT2D eigenvalue weighted by molar-refractivity contribution is 6.09. The van der Waals surface area contributed by atoms with Crippen LogP contribution in [0.2, 0.25) is 0 Å². The van der Waals surface area contributed by atoms with Crippen molar-refractivity contribution in [3.63, 3.8) is 0 Å². The highest BCUT2D eigenvalue weighted by Gasteiger charge is 2.34. The average Bonchev–Trinajstić information content (AvgIpc) is 3.35. The van der Waals surface area contributed by atoms with E-state index in [2.05, 4.69) is 107 Å². The minimum atomic E-state index is 0.784. The number of benzene rings is 6. The van der Waals surface area contributed by atoms with E-state index in [0.717, 1.165) is 56.9 Å². The molecule has 0 bridgehead atoms. The molecule has 6 aromatic carbocycles. The highest BCUT2D eigenvalue weighted by Crippen LogP contribution is 2.60. The first-order valence-electron chi connectivity index (χ1n) is 13.4. The van der Waals surface area contributed by atoms with E-state index in [9.17, 15) is 0 Å². The number of aromatic nitrogens is 1. The fourth-order valence-corrected chi connectivity index (χ4v) is 6.19. The molecule has 9 rings (SSSR count). The number of ether oxygens (including phenoxy) is 2. The maximum atomic E-state index is 6.45. The molecule has 4 heteroatoms. The van der Waals surface area contributed by atoms with E-state index >= 15 is 0 Å². The van der Waals surface area contributed by atoms with E-state index in [1.54, 1.807) is 0 Å². The van der Waals surface area contributed by atoms with Crippen LogP contribution >= 0.6 is 0 Å². The van der Waals surface area contributed by atoms with Crippen molar-refractivity contribution < 1.29 is 9.47 Å². The molecular formula is C36H22N2O2. The minimum absolute atomic E-state index is 0.784. The summed E-state index contributed by atoms with van der Waals surface area (Å²) in [6, 6.07) is 46.5. The van der Waals surface area contributed by atoms with Gasteiger partial charge in [0.2, 0.25) is 0 Å². The molecule has 0 unspecified atom stereocenters. The van der Waals surface area contributed by atoms with Gasteiger partial charge in [0.1, 0.15) is 5.69 Å². The molecular weight excluding hydrogens is 492 g/mol. The Morgan fingerprint density at radius 1 is 0.425 bits per heavy atom. The van der Waals surface area contributed by atoms with Gasteiger partial charge in [-0.3, -0.25) is 4.90 Å². The zero-order chi connectivity index (χ0) is 26.2. The van der Waals surface area contributed by atoms with Gasteiger partial charge >= 0.3 is 0 Å². The summed E-state index contributed by atoms with van der Waals surface area (Å²) in [7, 11) is 0. The maximum absolute atomic E-state index is 6.45. The number of para-hydroxylation sites is 6. The molecule has 7 aromatic rings. The molecule has 0 atom stereocenters. The van der Waals surface area contributed by atoms with Crippen LogP contribution < -0.4 is 14.4 Å². The van der Waals surface area contributed by atoms with Crippen LogP contribution in [0.1, 0.15) is 0 Å². The van der Waals surface area contributed by atoms with Gasteiger partial charge in [-0.1, -0.05) is 72.8 Å². The van der Waals surface area contributed by atoms with Gasteiger partial charge in [0, 0.05) is 16.5 Å². The molecule has 0 amide bonds. The predicted octanol–water partition coefficient (Wildman–Crippen LogP) is 10.1. The molecule has 1 aromatic heterocycles. The fourth-order valence-electron chi connectivity index (χ4n) is 6.19. The van der Waals surface area contributed by atoms with Gasteiger partial charge in [-0.2, -0.15) is 0 Å². The molecule has 4 nitrogen and oxygen atoms in total. The smallest absolute Gasteiger partial charge is 0.156 e. The molecule has 0 saturated carbocycles. The van der Waals surface area contributed by atoms with Crippen LogP contribution in [0.15, 0.2) is 133 Å². The third-order valence-corrected chi connectivity index (χ3v) is 7.95. The quantitative estimate of drug-likeness (QED) is 0.230. The molecule has 0 N–H and O–H groups in total. The number of rotatable bonds is 2. The molecule has 0 fully saturated rings. The van der Waals surface area contributed by atoms with E-state index in [4.69, 9.17) is 9.47 Å². The summed E-state index contributed by atoms with van der Waals surface area (Å²) in [4.78, 5) is 2.25. The van der Waals surface area contributed by atoms with Gasteiger partial charge in [0.15, 0.2) is 23.0 Å². The van der Waals surface area contributed by atoms with Crippen LogP contribution in [0, 0.1) is 0 Å². The summed E-state index contributed by atoms with van der Waals surface area (Å²) >= 11 is 0. The zero-order valence-corrected chi connectivity index (χ0v) is 21.4. The Balaban J connectivity index is 1.18. The van der Waals surface area contributed by atoms with Crippen LogP contribution in [0.3, 0.4) is 0 Å². The molecule has 40 heavy (non-hydrogen) atoms. The Morgan fingerprint density at radius 2 is 0.925 bits per heavy atom. The lowest BCUT2D eigenvalue weighted by Crippen LogP contribution is -2.20. The Labute approximate surface area is 230 Å². The average molecular weight is 515 g/mol. The lowest BCUT2D eigenvalue weighted by molar-refractivity contribution is 0.446. The SMILES string of the molecule is c1ccc2c(c1)Oc1cc(-c3ccc(-n4c5ccccc5c5ccccc54)cc3)cc3c1N2c1ccccc1O3. The van der Waals surface area contributed by atoms with Gasteiger partial charge in [0.05, 0.1) is 22.4 Å². The van der Waals surface area contributed by atoms with Gasteiger partial charge in [-0.15, -0.1) is 0 Å². The van der Waals surface area contributed by atoms with Gasteiger partial charge in [-0.05, 0) is 71.8 Å². The topological polar surface area (TPSA) is 26.6 Å². The summed E-state index contributed by atoms with van der Waals surface area (Å²) in [6.45, 7) is 0. The molecule has 0 saturated heterocycles. The Bertz CT molecular complexity index is 2000. The van der Waals surface area contributed by atoms with Gasteiger partial charge in [0.25, 0.3) is 0 Å². The van der Waals surface area contributed by atoms with Crippen molar-refractivity contribution in [2.45, 2.75) is 0 Å². The van der Waals surface area contributed by atoms with Gasteiger partial charge < -0.3 is 14.0 Å². The lowest BCUT2D eigenvalue weighted by Gasteiger charge is -2.38. The number of nitrogens with zero attached hydrogens (tertiary/aromatic N) is 2. The van der Waals surface area contributed by atoms with Crippen LogP contribution in [0.25, 0.3) is 38.6 Å². The first kappa shape index (κ1) is 21.5. The van der Waals surface area contributed by atoms with Crippen molar-refractivity contribution in [1.82, 2.24) is 4.57 Å². The van der Waals surface area contributed by atoms with Crippen molar-refractivity contribution in [1.29, 1.82) is 0 Å². The Kier molecular flexibility index (Phi) is 4.30. The number of anilines is 3. The third kappa shape index (κ3) is 2.96. The molecule has 0 radical (unpaired) electrons. The van der Waals surface area contributed by atoms with Crippen molar-refractivity contribution in [3.05, 3.63) is 133 Å². The zero-order valence-electron chi connectivity index (χ0n) is 21.4. The molecule has 2 aliphatic heterocycles. The summed E-state index contributed by atoms with van der Waals surface area (Å²) in [6.07, 6.45) is 0. The molecule has 0 aliphatic carbocycles. The fraction of sp³-hybridized carbons (Fsp3) is 0. The van der Waals surface area contributed by atoms with Crippen LogP contribution in [-0.4, -0.2) is 4.57 Å². The Morgan fingerprint density at radius 3 is 1.50 bits per heavy atom. The second kappa shape index (κ2) is 8.01. The van der Waals surface area contributed by atoms with Crippen molar-refractivity contribution >= 4 is 38.9 Å². The monoisotopic (exact) mass is 514 g/mol. The molecule has 2 aliphatic rings. The van der Waals surface area contributed by atoms with E-state index < -0.39 is 0 Å². The Hall–Kier alpha value is -5.48. The van der Waals surface area contributed by atoms with E-state index in [0.29, 0.717) is 0 Å². The second-order valence-electron chi connectivity index (χ2n) is 10.2. The summed E-state index contributed by atoms with van der Waals surface area (Å²) in [5.74, 6) is 3.23. The van der Waals surface area contributed by atoms with Crippen molar-refractivity contribution in [2.75, 3.05) is 4.90 Å². The minimum Gasteiger partial charge on any atom is -0.453 e. The van der Waals surface area contributed by atoms with E-state index in [1.165, 1.54) is 21.8 Å². The summed E-state index contributed by atoms with van der Waals surface area (Å²) in [5, 5.41) is 2.52. The number of fused-ring (bicyclic) bond motifs is 7. The molecule has 0 spiro atoms. The second-order valence-corrected chi connectivity index (χ2v) is 10.2.